The second kappa shape index (κ2) is 4.25. The second-order valence-corrected chi connectivity index (χ2v) is 4.35. The van der Waals surface area contributed by atoms with Gasteiger partial charge in [-0.3, -0.25) is 4.79 Å². The Hall–Kier alpha value is -0.0600. The van der Waals surface area contributed by atoms with Gasteiger partial charge in [-0.1, -0.05) is 0 Å². The van der Waals surface area contributed by atoms with E-state index in [1.165, 1.54) is 18.4 Å². The number of thiophene rings is 1. The van der Waals surface area contributed by atoms with Gasteiger partial charge >= 0.3 is 5.97 Å². The number of carbonyl (C=O) groups is 1. The van der Waals surface area contributed by atoms with Gasteiger partial charge in [0, 0.05) is 14.7 Å². The largest absolute Gasteiger partial charge is 0.468 e. The summed E-state index contributed by atoms with van der Waals surface area (Å²) in [7, 11) is 1.32. The fraction of sp³-hybridized carbons (Fsp3) is 0.286. The Morgan fingerprint density at radius 3 is 2.92 bits per heavy atom. The zero-order valence-corrected chi connectivity index (χ0v) is 9.37. The summed E-state index contributed by atoms with van der Waals surface area (Å²) in [6.45, 7) is 0. The van der Waals surface area contributed by atoms with E-state index in [0.717, 1.165) is 9.35 Å². The van der Waals surface area contributed by atoms with Crippen molar-refractivity contribution >= 4 is 44.8 Å². The third-order valence-electron chi connectivity index (χ3n) is 1.25. The van der Waals surface area contributed by atoms with E-state index >= 15 is 0 Å². The fourth-order valence-corrected chi connectivity index (χ4v) is 2.39. The quantitative estimate of drug-likeness (QED) is 0.609. The van der Waals surface area contributed by atoms with Crippen LogP contribution in [0.3, 0.4) is 0 Å². The van der Waals surface area contributed by atoms with Crippen molar-refractivity contribution in [3.63, 3.8) is 0 Å². The summed E-state index contributed by atoms with van der Waals surface area (Å²) in [6.07, 6.45) is 0. The minimum Gasteiger partial charge on any atom is -0.468 e. The highest BCUT2D eigenvalue weighted by Crippen LogP contribution is 2.30. The molecule has 1 aromatic rings. The molecule has 0 saturated carbocycles. The minimum absolute atomic E-state index is 0.425. The molecule has 2 nitrogen and oxygen atoms in total. The van der Waals surface area contributed by atoms with Crippen LogP contribution >= 0.6 is 38.9 Å². The number of hydrogen-bond acceptors (Lipinski definition) is 3. The number of halogens is 2. The van der Waals surface area contributed by atoms with Crippen LogP contribution in [0.4, 0.5) is 0 Å². The number of methoxy groups -OCH3 is 1. The van der Waals surface area contributed by atoms with Gasteiger partial charge in [-0.2, -0.15) is 0 Å². The molecule has 0 unspecified atom stereocenters. The van der Waals surface area contributed by atoms with E-state index in [9.17, 15) is 4.79 Å². The van der Waals surface area contributed by atoms with Gasteiger partial charge in [0.2, 0.25) is 0 Å². The maximum Gasteiger partial charge on any atom is 0.329 e. The molecule has 0 aliphatic heterocycles. The molecule has 1 atom stereocenters. The van der Waals surface area contributed by atoms with Crippen molar-refractivity contribution in [1.29, 1.82) is 0 Å². The number of carbonyl (C=O) groups excluding carboxylic acids is 1. The molecule has 0 fully saturated rings. The van der Waals surface area contributed by atoms with Crippen molar-refractivity contribution in [3.05, 3.63) is 20.8 Å². The molecule has 0 aromatic carbocycles. The van der Waals surface area contributed by atoms with Gasteiger partial charge in [-0.05, 0) is 22.0 Å². The third kappa shape index (κ3) is 2.21. The molecular formula is C7H6BrClO2S. The van der Waals surface area contributed by atoms with Crippen LogP contribution in [0, 0.1) is 0 Å². The first-order valence-electron chi connectivity index (χ1n) is 3.11. The van der Waals surface area contributed by atoms with E-state index in [1.54, 1.807) is 6.07 Å². The van der Waals surface area contributed by atoms with Gasteiger partial charge in [-0.25, -0.2) is 0 Å². The summed E-state index contributed by atoms with van der Waals surface area (Å²) in [5.41, 5.74) is 0. The van der Waals surface area contributed by atoms with Crippen molar-refractivity contribution in [2.75, 3.05) is 7.11 Å². The molecule has 0 amide bonds. The molecule has 12 heavy (non-hydrogen) atoms. The molecule has 0 aliphatic carbocycles. The lowest BCUT2D eigenvalue weighted by atomic mass is 10.3. The summed E-state index contributed by atoms with van der Waals surface area (Å²) in [6, 6.07) is 1.80. The normalized spacial score (nSPS) is 12.6. The molecule has 5 heteroatoms. The Bertz CT molecular complexity index is 287. The molecule has 0 N–H and O–H groups in total. The molecule has 1 rings (SSSR count). The van der Waals surface area contributed by atoms with Crippen molar-refractivity contribution < 1.29 is 9.53 Å². The smallest absolute Gasteiger partial charge is 0.329 e. The Morgan fingerprint density at radius 2 is 2.50 bits per heavy atom. The molecule has 1 aromatic heterocycles. The number of rotatable bonds is 2. The Balaban J connectivity index is 2.77. The predicted molar refractivity (Wildman–Crippen MR) is 52.6 cm³/mol. The number of ether oxygens (including phenoxy) is 1. The van der Waals surface area contributed by atoms with Crippen LogP contribution in [0.5, 0.6) is 0 Å². The van der Waals surface area contributed by atoms with Crippen LogP contribution in [-0.2, 0) is 9.53 Å². The maximum absolute atomic E-state index is 11.0. The highest BCUT2D eigenvalue weighted by Gasteiger charge is 2.19. The highest BCUT2D eigenvalue weighted by molar-refractivity contribution is 9.10. The van der Waals surface area contributed by atoms with Crippen LogP contribution in [0.25, 0.3) is 0 Å². The van der Waals surface area contributed by atoms with Crippen LogP contribution in [0.2, 0.25) is 0 Å². The molecule has 0 radical (unpaired) electrons. The predicted octanol–water partition coefficient (Wildman–Crippen LogP) is 2.96. The summed E-state index contributed by atoms with van der Waals surface area (Å²) >= 11 is 10.5. The lowest BCUT2D eigenvalue weighted by Crippen LogP contribution is -2.06. The van der Waals surface area contributed by atoms with Crippen molar-refractivity contribution in [2.45, 2.75) is 5.38 Å². The van der Waals surface area contributed by atoms with Gasteiger partial charge in [0.15, 0.2) is 5.38 Å². The second-order valence-electron chi connectivity index (χ2n) is 2.05. The third-order valence-corrected chi connectivity index (χ3v) is 3.55. The fourth-order valence-electron chi connectivity index (χ4n) is 0.681. The van der Waals surface area contributed by atoms with E-state index < -0.39 is 11.3 Å². The summed E-state index contributed by atoms with van der Waals surface area (Å²) < 4.78 is 5.42. The molecule has 0 saturated heterocycles. The minimum atomic E-state index is -0.689. The monoisotopic (exact) mass is 268 g/mol. The molecule has 0 aliphatic rings. The number of esters is 1. The summed E-state index contributed by atoms with van der Waals surface area (Å²) in [5.74, 6) is -0.425. The van der Waals surface area contributed by atoms with Gasteiger partial charge < -0.3 is 4.74 Å². The zero-order valence-electron chi connectivity index (χ0n) is 6.21. The number of alkyl halides is 1. The average Bonchev–Trinajstić information content (AvgIpc) is 2.49. The SMILES string of the molecule is COC(=O)[C@H](Cl)c1cc(Br)cs1. The van der Waals surface area contributed by atoms with Crippen LogP contribution in [-0.4, -0.2) is 13.1 Å². The summed E-state index contributed by atoms with van der Waals surface area (Å²) in [4.78, 5) is 11.7. The van der Waals surface area contributed by atoms with Gasteiger partial charge in [0.05, 0.1) is 7.11 Å². The Kier molecular flexibility index (Phi) is 3.55. The van der Waals surface area contributed by atoms with E-state index in [-0.39, 0.29) is 0 Å². The van der Waals surface area contributed by atoms with E-state index in [1.807, 2.05) is 5.38 Å². The topological polar surface area (TPSA) is 26.3 Å². The average molecular weight is 270 g/mol. The van der Waals surface area contributed by atoms with Gasteiger partial charge in [-0.15, -0.1) is 22.9 Å². The van der Waals surface area contributed by atoms with Crippen LogP contribution in [0.1, 0.15) is 10.3 Å². The van der Waals surface area contributed by atoms with Crippen molar-refractivity contribution in [3.8, 4) is 0 Å². The van der Waals surface area contributed by atoms with Crippen molar-refractivity contribution in [2.24, 2.45) is 0 Å². The molecule has 1 heterocycles. The zero-order chi connectivity index (χ0) is 9.14. The maximum atomic E-state index is 11.0. The standard InChI is InChI=1S/C7H6BrClO2S/c1-11-7(10)6(9)5-2-4(8)3-12-5/h2-3,6H,1H3/t6-/m1/s1. The van der Waals surface area contributed by atoms with E-state index in [4.69, 9.17) is 11.6 Å². The van der Waals surface area contributed by atoms with E-state index in [2.05, 4.69) is 20.7 Å². The number of hydrogen-bond donors (Lipinski definition) is 0. The van der Waals surface area contributed by atoms with Crippen LogP contribution < -0.4 is 0 Å². The first kappa shape index (κ1) is 10.0. The Labute approximate surface area is 87.6 Å². The summed E-state index contributed by atoms with van der Waals surface area (Å²) in [5, 5.41) is 1.18. The molecular weight excluding hydrogens is 263 g/mol. The van der Waals surface area contributed by atoms with Gasteiger partial charge in [0.1, 0.15) is 0 Å². The Morgan fingerprint density at radius 1 is 1.83 bits per heavy atom. The molecule has 66 valence electrons. The molecule has 0 spiro atoms. The first-order valence-corrected chi connectivity index (χ1v) is 5.22. The molecule has 0 bridgehead atoms. The lowest BCUT2D eigenvalue weighted by Gasteiger charge is -2.02. The highest BCUT2D eigenvalue weighted by atomic mass is 79.9. The van der Waals surface area contributed by atoms with Gasteiger partial charge in [0.25, 0.3) is 0 Å². The lowest BCUT2D eigenvalue weighted by molar-refractivity contribution is -0.140. The van der Waals surface area contributed by atoms with Crippen molar-refractivity contribution in [1.82, 2.24) is 0 Å². The first-order chi connectivity index (χ1) is 5.65. The van der Waals surface area contributed by atoms with E-state index in [0.29, 0.717) is 0 Å². The van der Waals surface area contributed by atoms with Crippen LogP contribution in [0.15, 0.2) is 15.9 Å².